The fraction of sp³-hybridized carbons (Fsp3) is 0.0714. The van der Waals surface area contributed by atoms with Crippen molar-refractivity contribution in [3.05, 3.63) is 54.1 Å². The predicted molar refractivity (Wildman–Crippen MR) is 62.0 cm³/mol. The molecule has 16 heavy (non-hydrogen) atoms. The van der Waals surface area contributed by atoms with Crippen molar-refractivity contribution in [2.75, 3.05) is 7.11 Å². The first-order valence-corrected chi connectivity index (χ1v) is 4.90. The van der Waals surface area contributed by atoms with Crippen LogP contribution in [0, 0.1) is 17.4 Å². The highest BCUT2D eigenvalue weighted by Gasteiger charge is 2.08. The first-order chi connectivity index (χ1) is 7.86. The Morgan fingerprint density at radius 3 is 2.75 bits per heavy atom. The number of nitriles is 1. The highest BCUT2D eigenvalue weighted by atomic mass is 16.5. The van der Waals surface area contributed by atoms with Crippen molar-refractivity contribution in [2.24, 2.45) is 0 Å². The lowest BCUT2D eigenvalue weighted by molar-refractivity contribution is 0.416. The molecule has 0 aliphatic heterocycles. The van der Waals surface area contributed by atoms with Crippen LogP contribution in [0.2, 0.25) is 0 Å². The van der Waals surface area contributed by atoms with Crippen molar-refractivity contribution in [2.45, 2.75) is 0 Å². The maximum absolute atomic E-state index is 9.03. The van der Waals surface area contributed by atoms with Crippen molar-refractivity contribution in [3.63, 3.8) is 0 Å². The lowest BCUT2D eigenvalue weighted by atomic mass is 10.00. The van der Waals surface area contributed by atoms with Crippen molar-refractivity contribution in [1.29, 1.82) is 5.26 Å². The molecule has 0 fully saturated rings. The highest BCUT2D eigenvalue weighted by Crippen LogP contribution is 2.31. The number of nitrogens with zero attached hydrogens (tertiary/aromatic N) is 1. The summed E-state index contributed by atoms with van der Waals surface area (Å²) >= 11 is 0. The first kappa shape index (κ1) is 10.3. The van der Waals surface area contributed by atoms with Crippen LogP contribution in [0.4, 0.5) is 0 Å². The third-order valence-corrected chi connectivity index (χ3v) is 2.38. The molecule has 0 spiro atoms. The third kappa shape index (κ3) is 1.76. The maximum Gasteiger partial charge on any atom is 0.126 e. The summed E-state index contributed by atoms with van der Waals surface area (Å²) in [6.45, 7) is 0. The van der Waals surface area contributed by atoms with E-state index in [4.69, 9.17) is 10.00 Å². The molecule has 2 heteroatoms. The normalized spacial score (nSPS) is 9.50. The van der Waals surface area contributed by atoms with Gasteiger partial charge in [0.15, 0.2) is 0 Å². The molecule has 0 saturated heterocycles. The van der Waals surface area contributed by atoms with Gasteiger partial charge in [-0.15, -0.1) is 0 Å². The number of ether oxygens (including phenoxy) is 1. The van der Waals surface area contributed by atoms with Crippen molar-refractivity contribution in [1.82, 2.24) is 0 Å². The molecule has 0 bridgehead atoms. The Kier molecular flexibility index (Phi) is 2.88. The van der Waals surface area contributed by atoms with Gasteiger partial charge in [0.25, 0.3) is 0 Å². The number of hydrogen-bond donors (Lipinski definition) is 0. The second-order valence-electron chi connectivity index (χ2n) is 3.28. The second-order valence-corrected chi connectivity index (χ2v) is 3.28. The van der Waals surface area contributed by atoms with Gasteiger partial charge in [-0.25, -0.2) is 0 Å². The summed E-state index contributed by atoms with van der Waals surface area (Å²) in [6.07, 6.45) is 0. The largest absolute Gasteiger partial charge is 0.496 e. The molecule has 0 atom stereocenters. The minimum absolute atomic E-state index is 0.604. The van der Waals surface area contributed by atoms with E-state index in [0.717, 1.165) is 16.9 Å². The Morgan fingerprint density at radius 1 is 1.19 bits per heavy atom. The number of benzene rings is 2. The van der Waals surface area contributed by atoms with Crippen molar-refractivity contribution in [3.8, 4) is 22.9 Å². The Hall–Kier alpha value is -2.27. The molecule has 0 N–H and O–H groups in total. The zero-order valence-corrected chi connectivity index (χ0v) is 8.90. The quantitative estimate of drug-likeness (QED) is 0.760. The van der Waals surface area contributed by atoms with Crippen LogP contribution in [0.25, 0.3) is 11.1 Å². The Morgan fingerprint density at radius 2 is 2.00 bits per heavy atom. The van der Waals surface area contributed by atoms with Crippen LogP contribution in [-0.2, 0) is 0 Å². The van der Waals surface area contributed by atoms with Crippen LogP contribution >= 0.6 is 0 Å². The summed E-state index contributed by atoms with van der Waals surface area (Å²) in [7, 11) is 1.62. The van der Waals surface area contributed by atoms with Gasteiger partial charge in [-0.3, -0.25) is 0 Å². The van der Waals surface area contributed by atoms with Gasteiger partial charge < -0.3 is 4.74 Å². The van der Waals surface area contributed by atoms with Crippen LogP contribution in [0.15, 0.2) is 42.5 Å². The molecule has 77 valence electrons. The monoisotopic (exact) mass is 208 g/mol. The van der Waals surface area contributed by atoms with Gasteiger partial charge in [0, 0.05) is 11.1 Å². The average molecular weight is 208 g/mol. The second kappa shape index (κ2) is 4.50. The Bertz CT molecular complexity index is 540. The summed E-state index contributed by atoms with van der Waals surface area (Å²) in [6, 6.07) is 18.1. The molecule has 0 aliphatic rings. The van der Waals surface area contributed by atoms with Crippen LogP contribution in [-0.4, -0.2) is 7.11 Å². The molecular formula is C14H10NO. The lowest BCUT2D eigenvalue weighted by Gasteiger charge is -2.09. The van der Waals surface area contributed by atoms with Gasteiger partial charge in [0.2, 0.25) is 0 Å². The SMILES string of the molecule is COc1ccccc1-c1cc[c]cc1C#N. The summed E-state index contributed by atoms with van der Waals surface area (Å²) in [5.74, 6) is 0.769. The first-order valence-electron chi connectivity index (χ1n) is 4.90. The summed E-state index contributed by atoms with van der Waals surface area (Å²) in [4.78, 5) is 0. The molecule has 2 aromatic rings. The van der Waals surface area contributed by atoms with Gasteiger partial charge in [0.05, 0.1) is 18.7 Å². The van der Waals surface area contributed by atoms with Crippen LogP contribution < -0.4 is 4.74 Å². The Labute approximate surface area is 94.7 Å². The number of methoxy groups -OCH3 is 1. The van der Waals surface area contributed by atoms with Gasteiger partial charge in [0.1, 0.15) is 5.75 Å². The van der Waals surface area contributed by atoms with Crippen LogP contribution in [0.1, 0.15) is 5.56 Å². The van der Waals surface area contributed by atoms with E-state index in [1.165, 1.54) is 0 Å². The van der Waals surface area contributed by atoms with Crippen molar-refractivity contribution < 1.29 is 4.74 Å². The molecule has 1 radical (unpaired) electrons. The van der Waals surface area contributed by atoms with Crippen LogP contribution in [0.5, 0.6) is 5.75 Å². The Balaban J connectivity index is 2.64. The van der Waals surface area contributed by atoms with E-state index in [1.807, 2.05) is 30.3 Å². The molecule has 0 unspecified atom stereocenters. The van der Waals surface area contributed by atoms with E-state index in [0.29, 0.717) is 5.56 Å². The summed E-state index contributed by atoms with van der Waals surface area (Å²) in [5, 5.41) is 9.03. The lowest BCUT2D eigenvalue weighted by Crippen LogP contribution is -1.89. The zero-order chi connectivity index (χ0) is 11.4. The molecule has 2 nitrogen and oxygen atoms in total. The van der Waals surface area contributed by atoms with E-state index >= 15 is 0 Å². The van der Waals surface area contributed by atoms with E-state index in [-0.39, 0.29) is 0 Å². The van der Waals surface area contributed by atoms with E-state index in [2.05, 4.69) is 12.1 Å². The fourth-order valence-electron chi connectivity index (χ4n) is 1.62. The minimum Gasteiger partial charge on any atom is -0.496 e. The standard InChI is InChI=1S/C14H10NO/c1-16-14-9-5-4-8-13(14)12-7-3-2-6-11(12)10-15/h3-9H,1H3. The fourth-order valence-corrected chi connectivity index (χ4v) is 1.62. The third-order valence-electron chi connectivity index (χ3n) is 2.38. The summed E-state index contributed by atoms with van der Waals surface area (Å²) in [5.41, 5.74) is 2.40. The van der Waals surface area contributed by atoms with Gasteiger partial charge in [-0.1, -0.05) is 30.3 Å². The summed E-state index contributed by atoms with van der Waals surface area (Å²) < 4.78 is 5.28. The average Bonchev–Trinajstić information content (AvgIpc) is 2.38. The molecule has 0 aromatic heterocycles. The number of rotatable bonds is 2. The van der Waals surface area contributed by atoms with Crippen molar-refractivity contribution >= 4 is 0 Å². The van der Waals surface area contributed by atoms with E-state index in [9.17, 15) is 0 Å². The maximum atomic E-state index is 9.03. The molecule has 2 aromatic carbocycles. The molecule has 0 saturated carbocycles. The highest BCUT2D eigenvalue weighted by molar-refractivity contribution is 5.75. The topological polar surface area (TPSA) is 33.0 Å². The molecule has 0 amide bonds. The predicted octanol–water partition coefficient (Wildman–Crippen LogP) is 3.03. The van der Waals surface area contributed by atoms with E-state index < -0.39 is 0 Å². The van der Waals surface area contributed by atoms with Crippen LogP contribution in [0.3, 0.4) is 0 Å². The van der Waals surface area contributed by atoms with Gasteiger partial charge in [-0.2, -0.15) is 5.26 Å². The van der Waals surface area contributed by atoms with Gasteiger partial charge >= 0.3 is 0 Å². The molecule has 2 rings (SSSR count). The molecule has 0 aliphatic carbocycles. The molecular weight excluding hydrogens is 198 g/mol. The smallest absolute Gasteiger partial charge is 0.126 e. The molecule has 0 heterocycles. The number of hydrogen-bond acceptors (Lipinski definition) is 2. The van der Waals surface area contributed by atoms with E-state index in [1.54, 1.807) is 19.2 Å². The minimum atomic E-state index is 0.604. The van der Waals surface area contributed by atoms with Gasteiger partial charge in [-0.05, 0) is 18.2 Å². The zero-order valence-electron chi connectivity index (χ0n) is 8.90. The number of para-hydroxylation sites is 1.